The maximum atomic E-state index is 12.0. The molecule has 13 nitrogen and oxygen atoms in total. The maximum absolute atomic E-state index is 12.0. The Hall–Kier alpha value is -1.90. The van der Waals surface area contributed by atoms with Crippen LogP contribution in [-0.4, -0.2) is 102 Å². The summed E-state index contributed by atoms with van der Waals surface area (Å²) in [6, 6.07) is 0. The van der Waals surface area contributed by atoms with Crippen molar-refractivity contribution in [1.82, 2.24) is 0 Å². The van der Waals surface area contributed by atoms with Crippen molar-refractivity contribution in [3.05, 3.63) is 0 Å². The van der Waals surface area contributed by atoms with Crippen LogP contribution in [0, 0.1) is 0 Å². The monoisotopic (exact) mass is 606 g/mol. The van der Waals surface area contributed by atoms with Crippen molar-refractivity contribution < 1.29 is 61.9 Å². The molecule has 0 bridgehead atoms. The lowest BCUT2D eigenvalue weighted by Crippen LogP contribution is -2.63. The van der Waals surface area contributed by atoms with Gasteiger partial charge in [-0.15, -0.1) is 34.8 Å². The molecule has 2 fully saturated rings. The third kappa shape index (κ3) is 8.06. The molecule has 9 atom stereocenters. The fraction of sp³-hybridized carbons (Fsp3) is 0.773. The molecular weight excluding hydrogens is 579 g/mol. The lowest BCUT2D eigenvalue weighted by molar-refractivity contribution is -0.359. The number of alkyl halides is 3. The van der Waals surface area contributed by atoms with Crippen LogP contribution in [0.1, 0.15) is 34.6 Å². The number of ether oxygens (including phenoxy) is 8. The summed E-state index contributed by atoms with van der Waals surface area (Å²) in [5.41, 5.74) is 0. The molecule has 0 amide bonds. The Kier molecular flexibility index (Phi) is 11.9. The van der Waals surface area contributed by atoms with Crippen LogP contribution in [0.2, 0.25) is 0 Å². The lowest BCUT2D eigenvalue weighted by Gasteiger charge is -2.45. The van der Waals surface area contributed by atoms with E-state index in [1.165, 1.54) is 0 Å². The van der Waals surface area contributed by atoms with Gasteiger partial charge >= 0.3 is 29.8 Å². The highest BCUT2D eigenvalue weighted by atomic mass is 35.5. The average molecular weight is 608 g/mol. The van der Waals surface area contributed by atoms with Gasteiger partial charge in [-0.1, -0.05) is 0 Å². The van der Waals surface area contributed by atoms with E-state index in [9.17, 15) is 24.0 Å². The van der Waals surface area contributed by atoms with E-state index < -0.39 is 96.4 Å². The second-order valence-corrected chi connectivity index (χ2v) is 9.50. The summed E-state index contributed by atoms with van der Waals surface area (Å²) in [4.78, 5) is 59.0. The van der Waals surface area contributed by atoms with E-state index in [1.807, 2.05) is 0 Å². The van der Waals surface area contributed by atoms with Crippen LogP contribution in [0.25, 0.3) is 0 Å². The maximum Gasteiger partial charge on any atom is 0.303 e. The smallest absolute Gasteiger partial charge is 0.303 e. The minimum Gasteiger partial charge on any atom is -0.463 e. The molecule has 2 saturated heterocycles. The Balaban J connectivity index is 2.55. The van der Waals surface area contributed by atoms with Crippen molar-refractivity contribution >= 4 is 64.6 Å². The van der Waals surface area contributed by atoms with E-state index in [-0.39, 0.29) is 5.88 Å². The SMILES string of the molecule is CC(=O)OC[C@@H]1O[C@H](O[C@@]2(CCl)O[C@@H](CCl)[C@@H](OC(C)=O)[C@H]2OC(C)=O)[C@@H](OC(C)=O)[C@@H](OC(C)=O)[C@@H]1Cl. The Morgan fingerprint density at radius 2 is 1.26 bits per heavy atom. The molecule has 16 heteroatoms. The molecule has 0 unspecified atom stereocenters. The first-order chi connectivity index (χ1) is 17.7. The molecule has 2 heterocycles. The molecule has 2 aliphatic rings. The number of hydrogen-bond donors (Lipinski definition) is 0. The van der Waals surface area contributed by atoms with Crippen LogP contribution in [0.4, 0.5) is 0 Å². The Bertz CT molecular complexity index is 902. The number of carbonyl (C=O) groups excluding carboxylic acids is 5. The fourth-order valence-corrected chi connectivity index (χ4v) is 4.83. The molecule has 0 aromatic rings. The van der Waals surface area contributed by atoms with Gasteiger partial charge in [0.05, 0.1) is 11.8 Å². The van der Waals surface area contributed by atoms with Gasteiger partial charge in [0.15, 0.2) is 24.4 Å². The third-order valence-corrected chi connectivity index (χ3v) is 6.53. The molecule has 2 aliphatic heterocycles. The van der Waals surface area contributed by atoms with E-state index in [0.717, 1.165) is 34.6 Å². The molecule has 216 valence electrons. The van der Waals surface area contributed by atoms with Gasteiger partial charge in [-0.25, -0.2) is 0 Å². The minimum absolute atomic E-state index is 0.231. The molecule has 0 aromatic heterocycles. The highest BCUT2D eigenvalue weighted by Crippen LogP contribution is 2.42. The van der Waals surface area contributed by atoms with Crippen molar-refractivity contribution in [3.8, 4) is 0 Å². The van der Waals surface area contributed by atoms with Crippen molar-refractivity contribution in [3.63, 3.8) is 0 Å². The molecule has 0 aliphatic carbocycles. The van der Waals surface area contributed by atoms with E-state index in [4.69, 9.17) is 72.7 Å². The molecule has 0 saturated carbocycles. The van der Waals surface area contributed by atoms with E-state index in [0.29, 0.717) is 0 Å². The predicted molar refractivity (Wildman–Crippen MR) is 127 cm³/mol. The van der Waals surface area contributed by atoms with Crippen molar-refractivity contribution in [2.24, 2.45) is 0 Å². The number of esters is 5. The standard InChI is InChI=1S/C22H29Cl3O13/c1-9(26)31-7-15-16(25)18(33-11(3)28)19(34-12(4)29)21(36-15)38-22(8-24)20(35-13(5)30)17(32-10(2)27)14(6-23)37-22/h14-21H,6-8H2,1-5H3/t14-,15-,16+,17+,18-,19-,20+,21+,22+/m0/s1. The number of carbonyl (C=O) groups is 5. The summed E-state index contributed by atoms with van der Waals surface area (Å²) in [6.07, 6.45) is -9.38. The summed E-state index contributed by atoms with van der Waals surface area (Å²) >= 11 is 18.8. The number of hydrogen-bond acceptors (Lipinski definition) is 13. The number of rotatable bonds is 10. The lowest BCUT2D eigenvalue weighted by atomic mass is 10.0. The van der Waals surface area contributed by atoms with Crippen LogP contribution in [0.3, 0.4) is 0 Å². The summed E-state index contributed by atoms with van der Waals surface area (Å²) < 4.78 is 44.3. The van der Waals surface area contributed by atoms with Gasteiger partial charge in [0, 0.05) is 34.6 Å². The molecule has 2 rings (SSSR count). The van der Waals surface area contributed by atoms with Crippen molar-refractivity contribution in [2.45, 2.75) is 88.7 Å². The molecule has 0 N–H and O–H groups in total. The quantitative estimate of drug-likeness (QED) is 0.198. The molecule has 0 aromatic carbocycles. The summed E-state index contributed by atoms with van der Waals surface area (Å²) in [5, 5.41) is -1.17. The van der Waals surface area contributed by atoms with Gasteiger partial charge < -0.3 is 37.9 Å². The van der Waals surface area contributed by atoms with Gasteiger partial charge in [0.2, 0.25) is 12.1 Å². The first-order valence-electron chi connectivity index (χ1n) is 11.3. The van der Waals surface area contributed by atoms with Crippen LogP contribution >= 0.6 is 34.8 Å². The van der Waals surface area contributed by atoms with Gasteiger partial charge in [0.25, 0.3) is 0 Å². The molecule has 38 heavy (non-hydrogen) atoms. The predicted octanol–water partition coefficient (Wildman–Crippen LogP) is 1.20. The minimum atomic E-state index is -2.07. The van der Waals surface area contributed by atoms with E-state index in [2.05, 4.69) is 0 Å². The zero-order chi connectivity index (χ0) is 28.8. The largest absolute Gasteiger partial charge is 0.463 e. The highest BCUT2D eigenvalue weighted by molar-refractivity contribution is 6.21. The zero-order valence-corrected chi connectivity index (χ0v) is 23.4. The first-order valence-corrected chi connectivity index (χ1v) is 12.8. The van der Waals surface area contributed by atoms with E-state index in [1.54, 1.807) is 0 Å². The van der Waals surface area contributed by atoms with Crippen LogP contribution in [-0.2, 0) is 61.9 Å². The fourth-order valence-electron chi connectivity index (χ4n) is 3.99. The van der Waals surface area contributed by atoms with Crippen LogP contribution < -0.4 is 0 Å². The van der Waals surface area contributed by atoms with Crippen molar-refractivity contribution in [1.29, 1.82) is 0 Å². The highest BCUT2D eigenvalue weighted by Gasteiger charge is 2.63. The Morgan fingerprint density at radius 3 is 1.74 bits per heavy atom. The molecule has 0 radical (unpaired) electrons. The van der Waals surface area contributed by atoms with Crippen LogP contribution in [0.5, 0.6) is 0 Å². The van der Waals surface area contributed by atoms with Crippen LogP contribution in [0.15, 0.2) is 0 Å². The average Bonchev–Trinajstić information content (AvgIpc) is 3.08. The Morgan fingerprint density at radius 1 is 0.737 bits per heavy atom. The second kappa shape index (κ2) is 13.9. The zero-order valence-electron chi connectivity index (χ0n) is 21.2. The first kappa shape index (κ1) is 32.3. The molecular formula is C22H29Cl3O13. The van der Waals surface area contributed by atoms with E-state index >= 15 is 0 Å². The van der Waals surface area contributed by atoms with Gasteiger partial charge in [-0.2, -0.15) is 0 Å². The van der Waals surface area contributed by atoms with Gasteiger partial charge in [-0.05, 0) is 0 Å². The summed E-state index contributed by atoms with van der Waals surface area (Å²) in [5.74, 6) is -6.59. The Labute approximate surface area is 233 Å². The van der Waals surface area contributed by atoms with Gasteiger partial charge in [0.1, 0.15) is 24.2 Å². The normalized spacial score (nSPS) is 34.6. The van der Waals surface area contributed by atoms with Crippen molar-refractivity contribution in [2.75, 3.05) is 18.4 Å². The summed E-state index contributed by atoms with van der Waals surface area (Å²) in [7, 11) is 0. The topological polar surface area (TPSA) is 159 Å². The van der Waals surface area contributed by atoms with Gasteiger partial charge in [-0.3, -0.25) is 24.0 Å². The third-order valence-electron chi connectivity index (χ3n) is 5.32. The molecule has 0 spiro atoms. The number of halogens is 3. The second-order valence-electron chi connectivity index (χ2n) is 8.42. The summed E-state index contributed by atoms with van der Waals surface area (Å²) in [6.45, 7) is 5.18.